The second kappa shape index (κ2) is 9.54. The number of rotatable bonds is 7. The van der Waals surface area contributed by atoms with E-state index in [2.05, 4.69) is 20.4 Å². The molecule has 0 bridgehead atoms. The number of benzene rings is 1. The number of aryl methyl sites for hydroxylation is 1. The number of nitrogens with one attached hydrogen (secondary N) is 2. The van der Waals surface area contributed by atoms with Gasteiger partial charge < -0.3 is 15.4 Å². The first-order valence-corrected chi connectivity index (χ1v) is 9.13. The first-order valence-electron chi connectivity index (χ1n) is 9.13. The van der Waals surface area contributed by atoms with Crippen LogP contribution in [0.4, 0.5) is 5.69 Å². The molecule has 2 rings (SSSR count). The van der Waals surface area contributed by atoms with E-state index in [-0.39, 0.29) is 17.9 Å². The molecule has 0 aliphatic carbocycles. The van der Waals surface area contributed by atoms with E-state index in [1.807, 2.05) is 39.0 Å². The van der Waals surface area contributed by atoms with Gasteiger partial charge in [0, 0.05) is 32.7 Å². The number of hydrogen-bond donors (Lipinski definition) is 2. The fourth-order valence-electron chi connectivity index (χ4n) is 3.09. The van der Waals surface area contributed by atoms with Crippen molar-refractivity contribution in [1.29, 1.82) is 0 Å². The number of carbonyl (C=O) groups is 2. The Kier molecular flexibility index (Phi) is 7.41. The summed E-state index contributed by atoms with van der Waals surface area (Å²) in [7, 11) is 1.59. The molecule has 1 fully saturated rings. The van der Waals surface area contributed by atoms with Crippen LogP contribution in [0.3, 0.4) is 0 Å². The molecule has 1 atom stereocenters. The van der Waals surface area contributed by atoms with Gasteiger partial charge in [0.2, 0.25) is 11.8 Å². The summed E-state index contributed by atoms with van der Waals surface area (Å²) in [6, 6.07) is 5.47. The van der Waals surface area contributed by atoms with E-state index in [9.17, 15) is 9.59 Å². The minimum Gasteiger partial charge on any atom is -0.495 e. The van der Waals surface area contributed by atoms with Crippen molar-refractivity contribution in [2.24, 2.45) is 0 Å². The zero-order valence-electron chi connectivity index (χ0n) is 16.2. The summed E-state index contributed by atoms with van der Waals surface area (Å²) in [5.41, 5.74) is 1.76. The highest BCUT2D eigenvalue weighted by molar-refractivity contribution is 5.96. The molecule has 0 spiro atoms. The summed E-state index contributed by atoms with van der Waals surface area (Å²) < 4.78 is 5.32. The third-order valence-electron chi connectivity index (χ3n) is 4.69. The normalized spacial score (nSPS) is 16.8. The highest BCUT2D eigenvalue weighted by Crippen LogP contribution is 2.25. The summed E-state index contributed by atoms with van der Waals surface area (Å²) >= 11 is 0. The zero-order valence-corrected chi connectivity index (χ0v) is 16.2. The van der Waals surface area contributed by atoms with E-state index in [1.54, 1.807) is 7.11 Å². The number of carbonyl (C=O) groups excluding carboxylic acids is 2. The molecule has 2 N–H and O–H groups in total. The van der Waals surface area contributed by atoms with Crippen LogP contribution in [0.2, 0.25) is 0 Å². The standard InChI is InChI=1S/C19H30N4O3/c1-5-20-18(24)13-22-8-10-23(11-9-22)15(3)19(25)21-16-12-14(2)6-7-17(16)26-4/h6-7,12,15H,5,8-11,13H2,1-4H3,(H,20,24)(H,21,25). The van der Waals surface area contributed by atoms with Gasteiger partial charge in [-0.05, 0) is 38.5 Å². The highest BCUT2D eigenvalue weighted by Gasteiger charge is 2.26. The van der Waals surface area contributed by atoms with Crippen LogP contribution in [-0.2, 0) is 9.59 Å². The SMILES string of the molecule is CCNC(=O)CN1CCN(C(C)C(=O)Nc2cc(C)ccc2OC)CC1. The van der Waals surface area contributed by atoms with Crippen LogP contribution in [0.15, 0.2) is 18.2 Å². The third kappa shape index (κ3) is 5.44. The van der Waals surface area contributed by atoms with Crippen LogP contribution >= 0.6 is 0 Å². The molecule has 0 aromatic heterocycles. The zero-order chi connectivity index (χ0) is 19.1. The van der Waals surface area contributed by atoms with Crippen molar-refractivity contribution in [3.63, 3.8) is 0 Å². The number of hydrogen-bond acceptors (Lipinski definition) is 5. The molecule has 1 aromatic carbocycles. The summed E-state index contributed by atoms with van der Waals surface area (Å²) in [6.45, 7) is 9.97. The molecule has 1 aliphatic rings. The molecule has 1 saturated heterocycles. The van der Waals surface area contributed by atoms with E-state index in [0.717, 1.165) is 31.7 Å². The number of ether oxygens (including phenoxy) is 1. The summed E-state index contributed by atoms with van der Waals surface area (Å²) in [5, 5.41) is 5.79. The van der Waals surface area contributed by atoms with Crippen LogP contribution in [0.1, 0.15) is 19.4 Å². The Bertz CT molecular complexity index is 627. The fourth-order valence-corrected chi connectivity index (χ4v) is 3.09. The summed E-state index contributed by atoms with van der Waals surface area (Å²) in [6.07, 6.45) is 0. The number of piperazine rings is 1. The van der Waals surface area contributed by atoms with Crippen molar-refractivity contribution in [1.82, 2.24) is 15.1 Å². The van der Waals surface area contributed by atoms with Gasteiger partial charge in [0.1, 0.15) is 5.75 Å². The van der Waals surface area contributed by atoms with Crippen LogP contribution in [0.5, 0.6) is 5.75 Å². The first-order chi connectivity index (χ1) is 12.4. The van der Waals surface area contributed by atoms with Gasteiger partial charge >= 0.3 is 0 Å². The Balaban J connectivity index is 1.88. The van der Waals surface area contributed by atoms with Crippen LogP contribution in [-0.4, -0.2) is 74.0 Å². The lowest BCUT2D eigenvalue weighted by molar-refractivity contribution is -0.124. The highest BCUT2D eigenvalue weighted by atomic mass is 16.5. The van der Waals surface area contributed by atoms with Crippen molar-refractivity contribution >= 4 is 17.5 Å². The molecule has 1 heterocycles. The summed E-state index contributed by atoms with van der Waals surface area (Å²) in [5.74, 6) is 0.660. The van der Waals surface area contributed by atoms with Gasteiger partial charge in [-0.15, -0.1) is 0 Å². The lowest BCUT2D eigenvalue weighted by Crippen LogP contribution is -2.54. The second-order valence-corrected chi connectivity index (χ2v) is 6.63. The quantitative estimate of drug-likeness (QED) is 0.759. The molecular weight excluding hydrogens is 332 g/mol. The topological polar surface area (TPSA) is 73.9 Å². The molecule has 144 valence electrons. The van der Waals surface area contributed by atoms with Crippen molar-refractivity contribution in [3.8, 4) is 5.75 Å². The maximum absolute atomic E-state index is 12.6. The molecule has 0 radical (unpaired) electrons. The van der Waals surface area contributed by atoms with Crippen LogP contribution < -0.4 is 15.4 Å². The Morgan fingerprint density at radius 1 is 1.23 bits per heavy atom. The van der Waals surface area contributed by atoms with Gasteiger partial charge in [-0.25, -0.2) is 0 Å². The molecule has 1 aliphatic heterocycles. The van der Waals surface area contributed by atoms with Gasteiger partial charge in [-0.1, -0.05) is 6.07 Å². The summed E-state index contributed by atoms with van der Waals surface area (Å²) in [4.78, 5) is 28.6. The average Bonchev–Trinajstić information content (AvgIpc) is 2.62. The van der Waals surface area contributed by atoms with Crippen molar-refractivity contribution in [3.05, 3.63) is 23.8 Å². The molecular formula is C19H30N4O3. The molecule has 1 aromatic rings. The van der Waals surface area contributed by atoms with Crippen LogP contribution in [0.25, 0.3) is 0 Å². The van der Waals surface area contributed by atoms with Crippen LogP contribution in [0, 0.1) is 6.92 Å². The van der Waals surface area contributed by atoms with Crippen molar-refractivity contribution < 1.29 is 14.3 Å². The first kappa shape index (κ1) is 20.2. The third-order valence-corrected chi connectivity index (χ3v) is 4.69. The molecule has 1 unspecified atom stereocenters. The Labute approximate surface area is 155 Å². The Morgan fingerprint density at radius 2 is 1.92 bits per heavy atom. The van der Waals surface area contributed by atoms with Gasteiger partial charge in [0.15, 0.2) is 0 Å². The molecule has 26 heavy (non-hydrogen) atoms. The number of nitrogens with zero attached hydrogens (tertiary/aromatic N) is 2. The Hall–Kier alpha value is -2.12. The molecule has 0 saturated carbocycles. The lowest BCUT2D eigenvalue weighted by Gasteiger charge is -2.37. The van der Waals surface area contributed by atoms with E-state index in [0.29, 0.717) is 24.5 Å². The number of amides is 2. The van der Waals surface area contributed by atoms with Crippen molar-refractivity contribution in [2.75, 3.05) is 51.7 Å². The van der Waals surface area contributed by atoms with Gasteiger partial charge in [-0.3, -0.25) is 19.4 Å². The van der Waals surface area contributed by atoms with E-state index in [1.165, 1.54) is 0 Å². The number of likely N-dealkylation sites (N-methyl/N-ethyl adjacent to an activating group) is 1. The smallest absolute Gasteiger partial charge is 0.241 e. The van der Waals surface area contributed by atoms with E-state index in [4.69, 9.17) is 4.74 Å². The van der Waals surface area contributed by atoms with Gasteiger partial charge in [0.25, 0.3) is 0 Å². The minimum absolute atomic E-state index is 0.0499. The average molecular weight is 362 g/mol. The monoisotopic (exact) mass is 362 g/mol. The van der Waals surface area contributed by atoms with Crippen molar-refractivity contribution in [2.45, 2.75) is 26.8 Å². The Morgan fingerprint density at radius 3 is 2.54 bits per heavy atom. The number of methoxy groups -OCH3 is 1. The lowest BCUT2D eigenvalue weighted by atomic mass is 10.1. The number of anilines is 1. The predicted molar refractivity (Wildman–Crippen MR) is 103 cm³/mol. The molecule has 7 nitrogen and oxygen atoms in total. The van der Waals surface area contributed by atoms with Gasteiger partial charge in [-0.2, -0.15) is 0 Å². The largest absolute Gasteiger partial charge is 0.495 e. The maximum Gasteiger partial charge on any atom is 0.241 e. The minimum atomic E-state index is -0.244. The molecule has 7 heteroatoms. The van der Waals surface area contributed by atoms with E-state index < -0.39 is 0 Å². The predicted octanol–water partition coefficient (Wildman–Crippen LogP) is 1.08. The fraction of sp³-hybridized carbons (Fsp3) is 0.579. The second-order valence-electron chi connectivity index (χ2n) is 6.63. The van der Waals surface area contributed by atoms with Gasteiger partial charge in [0.05, 0.1) is 25.4 Å². The van der Waals surface area contributed by atoms with E-state index >= 15 is 0 Å². The maximum atomic E-state index is 12.6. The molecule has 2 amide bonds.